The molecule has 1 fully saturated rings. The lowest BCUT2D eigenvalue weighted by Gasteiger charge is -2.25. The van der Waals surface area contributed by atoms with Gasteiger partial charge in [0.25, 0.3) is 0 Å². The summed E-state index contributed by atoms with van der Waals surface area (Å²) in [6.07, 6.45) is 0.731. The minimum absolute atomic E-state index is 0.108. The summed E-state index contributed by atoms with van der Waals surface area (Å²) >= 11 is 0. The molecule has 3 rings (SSSR count). The molecule has 3 N–H and O–H groups in total. The maximum absolute atomic E-state index is 11.6. The van der Waals surface area contributed by atoms with Crippen LogP contribution in [0.25, 0.3) is 11.1 Å². The molecule has 1 aliphatic heterocycles. The predicted octanol–water partition coefficient (Wildman–Crippen LogP) is -0.000800. The van der Waals surface area contributed by atoms with E-state index in [0.29, 0.717) is 17.6 Å². The van der Waals surface area contributed by atoms with Crippen LogP contribution in [-0.2, 0) is 11.2 Å². The van der Waals surface area contributed by atoms with Crippen molar-refractivity contribution >= 4 is 17.0 Å². The smallest absolute Gasteiger partial charge is 0.408 e. The lowest BCUT2D eigenvalue weighted by atomic mass is 10.0. The van der Waals surface area contributed by atoms with Crippen molar-refractivity contribution < 1.29 is 9.21 Å². The molecule has 0 aliphatic carbocycles. The van der Waals surface area contributed by atoms with Crippen molar-refractivity contribution in [1.29, 1.82) is 0 Å². The second-order valence-electron chi connectivity index (χ2n) is 4.74. The molecule has 1 aromatic heterocycles. The third kappa shape index (κ3) is 2.53. The zero-order valence-corrected chi connectivity index (χ0v) is 10.4. The quantitative estimate of drug-likeness (QED) is 0.723. The Hall–Kier alpha value is -2.08. The van der Waals surface area contributed by atoms with Crippen LogP contribution < -0.4 is 16.4 Å². The molecular weight excluding hydrogens is 246 g/mol. The van der Waals surface area contributed by atoms with Gasteiger partial charge >= 0.3 is 5.76 Å². The summed E-state index contributed by atoms with van der Waals surface area (Å²) in [6.45, 7) is 2.14. The van der Waals surface area contributed by atoms with Gasteiger partial charge in [-0.15, -0.1) is 0 Å². The van der Waals surface area contributed by atoms with Crippen LogP contribution in [0.5, 0.6) is 0 Å². The number of rotatable bonds is 4. The van der Waals surface area contributed by atoms with Gasteiger partial charge in [0.15, 0.2) is 5.58 Å². The maximum atomic E-state index is 11.6. The monoisotopic (exact) mass is 261 g/mol. The summed E-state index contributed by atoms with van der Waals surface area (Å²) in [6, 6.07) is 5.54. The normalized spacial score (nSPS) is 15.4. The molecule has 6 heteroatoms. The van der Waals surface area contributed by atoms with Crippen LogP contribution in [-0.4, -0.2) is 30.5 Å². The average Bonchev–Trinajstić information content (AvgIpc) is 2.66. The van der Waals surface area contributed by atoms with Gasteiger partial charge in [0.05, 0.1) is 11.4 Å². The Morgan fingerprint density at radius 1 is 1.42 bits per heavy atom. The first-order valence-electron chi connectivity index (χ1n) is 6.32. The first kappa shape index (κ1) is 12.0. The van der Waals surface area contributed by atoms with Crippen LogP contribution in [0.15, 0.2) is 27.4 Å². The molecule has 0 radical (unpaired) electrons. The molecule has 0 unspecified atom stereocenters. The SMILES string of the molecule is O=C(NCCc1ccc2oc(=O)[nH]c2c1)C1CNC1. The van der Waals surface area contributed by atoms with Crippen molar-refractivity contribution in [3.8, 4) is 0 Å². The van der Waals surface area contributed by atoms with Gasteiger partial charge in [-0.3, -0.25) is 9.78 Å². The van der Waals surface area contributed by atoms with Crippen molar-refractivity contribution in [3.05, 3.63) is 34.3 Å². The second-order valence-corrected chi connectivity index (χ2v) is 4.74. The zero-order valence-electron chi connectivity index (χ0n) is 10.4. The molecule has 1 aliphatic rings. The van der Waals surface area contributed by atoms with E-state index in [0.717, 1.165) is 25.1 Å². The number of aromatic nitrogens is 1. The van der Waals surface area contributed by atoms with E-state index in [9.17, 15) is 9.59 Å². The number of fused-ring (bicyclic) bond motifs is 1. The fourth-order valence-corrected chi connectivity index (χ4v) is 2.10. The van der Waals surface area contributed by atoms with Crippen molar-refractivity contribution in [3.63, 3.8) is 0 Å². The Morgan fingerprint density at radius 2 is 2.26 bits per heavy atom. The fourth-order valence-electron chi connectivity index (χ4n) is 2.10. The Bertz CT molecular complexity index is 654. The van der Waals surface area contributed by atoms with Crippen molar-refractivity contribution in [1.82, 2.24) is 15.6 Å². The van der Waals surface area contributed by atoms with Gasteiger partial charge in [-0.2, -0.15) is 0 Å². The van der Waals surface area contributed by atoms with E-state index in [1.165, 1.54) is 0 Å². The summed E-state index contributed by atoms with van der Waals surface area (Å²) in [5.41, 5.74) is 2.30. The maximum Gasteiger partial charge on any atom is 0.417 e. The van der Waals surface area contributed by atoms with Gasteiger partial charge in [-0.1, -0.05) is 6.07 Å². The summed E-state index contributed by atoms with van der Waals surface area (Å²) in [5.74, 6) is -0.220. The molecule has 1 saturated heterocycles. The number of aromatic amines is 1. The highest BCUT2D eigenvalue weighted by molar-refractivity contribution is 5.80. The van der Waals surface area contributed by atoms with Crippen molar-refractivity contribution in [2.45, 2.75) is 6.42 Å². The number of oxazole rings is 1. The highest BCUT2D eigenvalue weighted by Crippen LogP contribution is 2.12. The largest absolute Gasteiger partial charge is 0.417 e. The number of carbonyl (C=O) groups is 1. The predicted molar refractivity (Wildman–Crippen MR) is 69.9 cm³/mol. The Kier molecular flexibility index (Phi) is 3.08. The van der Waals surface area contributed by atoms with Gasteiger partial charge in [0.2, 0.25) is 5.91 Å². The number of benzene rings is 1. The van der Waals surface area contributed by atoms with E-state index in [1.54, 1.807) is 6.07 Å². The Morgan fingerprint density at radius 3 is 3.00 bits per heavy atom. The van der Waals surface area contributed by atoms with Gasteiger partial charge in [0, 0.05) is 19.6 Å². The van der Waals surface area contributed by atoms with Crippen LogP contribution in [0.3, 0.4) is 0 Å². The molecule has 0 spiro atoms. The van der Waals surface area contributed by atoms with Gasteiger partial charge in [0.1, 0.15) is 0 Å². The fraction of sp³-hybridized carbons (Fsp3) is 0.385. The number of nitrogens with one attached hydrogen (secondary N) is 3. The zero-order chi connectivity index (χ0) is 13.2. The molecule has 1 aromatic carbocycles. The topological polar surface area (TPSA) is 87.1 Å². The first-order valence-corrected chi connectivity index (χ1v) is 6.32. The van der Waals surface area contributed by atoms with E-state index in [-0.39, 0.29) is 11.8 Å². The third-order valence-corrected chi connectivity index (χ3v) is 3.35. The number of amides is 1. The molecule has 2 heterocycles. The number of hydrogen-bond acceptors (Lipinski definition) is 4. The van der Waals surface area contributed by atoms with Crippen LogP contribution >= 0.6 is 0 Å². The van der Waals surface area contributed by atoms with Crippen molar-refractivity contribution in [2.75, 3.05) is 19.6 Å². The van der Waals surface area contributed by atoms with E-state index < -0.39 is 5.76 Å². The van der Waals surface area contributed by atoms with E-state index in [2.05, 4.69) is 15.6 Å². The molecule has 6 nitrogen and oxygen atoms in total. The van der Waals surface area contributed by atoms with Crippen LogP contribution in [0.2, 0.25) is 0 Å². The summed E-state index contributed by atoms with van der Waals surface area (Å²) in [4.78, 5) is 25.3. The molecule has 19 heavy (non-hydrogen) atoms. The van der Waals surface area contributed by atoms with Crippen LogP contribution in [0.1, 0.15) is 5.56 Å². The Labute approximate surface area is 109 Å². The Balaban J connectivity index is 1.58. The molecule has 0 bridgehead atoms. The van der Waals surface area contributed by atoms with E-state index in [4.69, 9.17) is 4.42 Å². The summed E-state index contributed by atoms with van der Waals surface area (Å²) < 4.78 is 4.93. The standard InChI is InChI=1S/C13H15N3O3/c17-12(9-6-14-7-9)15-4-3-8-1-2-11-10(5-8)16-13(18)19-11/h1-2,5,9,14H,3-4,6-7H2,(H,15,17)(H,16,18). The molecule has 0 saturated carbocycles. The highest BCUT2D eigenvalue weighted by atomic mass is 16.4. The molecule has 100 valence electrons. The van der Waals surface area contributed by atoms with E-state index >= 15 is 0 Å². The minimum Gasteiger partial charge on any atom is -0.408 e. The van der Waals surface area contributed by atoms with Gasteiger partial charge < -0.3 is 15.1 Å². The minimum atomic E-state index is -0.446. The van der Waals surface area contributed by atoms with Gasteiger partial charge in [-0.05, 0) is 24.1 Å². The molecule has 1 amide bonds. The van der Waals surface area contributed by atoms with E-state index in [1.807, 2.05) is 12.1 Å². The molecular formula is C13H15N3O3. The second kappa shape index (κ2) is 4.89. The van der Waals surface area contributed by atoms with Crippen molar-refractivity contribution in [2.24, 2.45) is 5.92 Å². The van der Waals surface area contributed by atoms with Crippen LogP contribution in [0.4, 0.5) is 0 Å². The molecule has 0 atom stereocenters. The average molecular weight is 261 g/mol. The summed E-state index contributed by atoms with van der Waals surface area (Å²) in [5, 5.41) is 5.98. The summed E-state index contributed by atoms with van der Waals surface area (Å²) in [7, 11) is 0. The van der Waals surface area contributed by atoms with Crippen LogP contribution in [0, 0.1) is 5.92 Å². The van der Waals surface area contributed by atoms with Gasteiger partial charge in [-0.25, -0.2) is 4.79 Å². The number of carbonyl (C=O) groups excluding carboxylic acids is 1. The highest BCUT2D eigenvalue weighted by Gasteiger charge is 2.24. The third-order valence-electron chi connectivity index (χ3n) is 3.35. The lowest BCUT2D eigenvalue weighted by molar-refractivity contribution is -0.126. The first-order chi connectivity index (χ1) is 9.22. The lowest BCUT2D eigenvalue weighted by Crippen LogP contribution is -2.51. The molecule has 2 aromatic rings. The number of hydrogen-bond donors (Lipinski definition) is 3. The number of H-pyrrole nitrogens is 1.